The van der Waals surface area contributed by atoms with Gasteiger partial charge in [0.1, 0.15) is 5.25 Å². The maximum atomic E-state index is 11.1. The zero-order chi connectivity index (χ0) is 11.8. The minimum atomic E-state index is -0.704. The highest BCUT2D eigenvalue weighted by molar-refractivity contribution is 8.00. The number of carbonyl (C=O) groups is 1. The van der Waals surface area contributed by atoms with Crippen LogP contribution < -0.4 is 0 Å². The van der Waals surface area contributed by atoms with Gasteiger partial charge in [0.25, 0.3) is 0 Å². The highest BCUT2D eigenvalue weighted by Gasteiger charge is 2.17. The van der Waals surface area contributed by atoms with E-state index in [1.807, 2.05) is 30.3 Å². The van der Waals surface area contributed by atoms with Crippen molar-refractivity contribution in [2.75, 3.05) is 0 Å². The van der Waals surface area contributed by atoms with E-state index in [-0.39, 0.29) is 5.25 Å². The third kappa shape index (κ3) is 4.71. The van der Waals surface area contributed by atoms with Crippen molar-refractivity contribution in [2.24, 2.45) is 0 Å². The molecule has 1 unspecified atom stereocenters. The van der Waals surface area contributed by atoms with Gasteiger partial charge in [-0.25, -0.2) is 0 Å². The van der Waals surface area contributed by atoms with Crippen LogP contribution in [0.3, 0.4) is 0 Å². The average Bonchev–Trinajstić information content (AvgIpc) is 2.29. The summed E-state index contributed by atoms with van der Waals surface area (Å²) in [6, 6.07) is 9.73. The molecule has 1 N–H and O–H groups in total. The van der Waals surface area contributed by atoms with Crippen molar-refractivity contribution in [1.82, 2.24) is 0 Å². The van der Waals surface area contributed by atoms with E-state index in [9.17, 15) is 4.79 Å². The molecule has 2 nitrogen and oxygen atoms in total. The van der Waals surface area contributed by atoms with Gasteiger partial charge in [-0.1, -0.05) is 44.4 Å². The SMILES string of the molecule is CCCCCC(Sc1ccccc1)C(=O)O. The molecule has 88 valence electrons. The van der Waals surface area contributed by atoms with Gasteiger partial charge in [-0.15, -0.1) is 11.8 Å². The molecule has 0 bridgehead atoms. The lowest BCUT2D eigenvalue weighted by Crippen LogP contribution is -2.15. The highest BCUT2D eigenvalue weighted by atomic mass is 32.2. The summed E-state index contributed by atoms with van der Waals surface area (Å²) >= 11 is 1.45. The van der Waals surface area contributed by atoms with Crippen molar-refractivity contribution in [3.05, 3.63) is 30.3 Å². The number of unbranched alkanes of at least 4 members (excludes halogenated alkanes) is 2. The maximum absolute atomic E-state index is 11.1. The molecule has 0 spiro atoms. The predicted octanol–water partition coefficient (Wildman–Crippen LogP) is 3.81. The molecule has 0 heterocycles. The van der Waals surface area contributed by atoms with E-state index in [0.29, 0.717) is 0 Å². The van der Waals surface area contributed by atoms with Crippen LogP contribution in [0, 0.1) is 0 Å². The van der Waals surface area contributed by atoms with Crippen LogP contribution in [-0.2, 0) is 4.79 Å². The minimum Gasteiger partial charge on any atom is -0.480 e. The fraction of sp³-hybridized carbons (Fsp3) is 0.462. The first-order valence-electron chi connectivity index (χ1n) is 5.68. The molecule has 1 rings (SSSR count). The van der Waals surface area contributed by atoms with E-state index < -0.39 is 5.97 Å². The molecule has 0 aliphatic heterocycles. The van der Waals surface area contributed by atoms with Crippen molar-refractivity contribution < 1.29 is 9.90 Å². The number of aliphatic carboxylic acids is 1. The first-order valence-corrected chi connectivity index (χ1v) is 6.56. The Labute approximate surface area is 101 Å². The predicted molar refractivity (Wildman–Crippen MR) is 67.9 cm³/mol. The Morgan fingerprint density at radius 2 is 2.00 bits per heavy atom. The lowest BCUT2D eigenvalue weighted by molar-refractivity contribution is -0.136. The van der Waals surface area contributed by atoms with E-state index >= 15 is 0 Å². The normalized spacial score (nSPS) is 12.3. The fourth-order valence-corrected chi connectivity index (χ4v) is 2.50. The van der Waals surface area contributed by atoms with Crippen molar-refractivity contribution in [2.45, 2.75) is 42.8 Å². The first-order chi connectivity index (χ1) is 7.74. The standard InChI is InChI=1S/C13H18O2S/c1-2-3-5-10-12(13(14)15)16-11-8-6-4-7-9-11/h4,6-9,12H,2-3,5,10H2,1H3,(H,14,15). The van der Waals surface area contributed by atoms with Crippen LogP contribution in [-0.4, -0.2) is 16.3 Å². The molecular formula is C13H18O2S. The van der Waals surface area contributed by atoms with E-state index in [2.05, 4.69) is 6.92 Å². The second kappa shape index (κ2) is 7.34. The van der Waals surface area contributed by atoms with Crippen LogP contribution in [0.1, 0.15) is 32.6 Å². The van der Waals surface area contributed by atoms with Crippen molar-refractivity contribution in [1.29, 1.82) is 0 Å². The number of hydrogen-bond acceptors (Lipinski definition) is 2. The van der Waals surface area contributed by atoms with Crippen molar-refractivity contribution >= 4 is 17.7 Å². The topological polar surface area (TPSA) is 37.3 Å². The van der Waals surface area contributed by atoms with Crippen LogP contribution >= 0.6 is 11.8 Å². The molecule has 16 heavy (non-hydrogen) atoms. The lowest BCUT2D eigenvalue weighted by atomic mass is 10.1. The van der Waals surface area contributed by atoms with Gasteiger partial charge in [-0.05, 0) is 18.6 Å². The molecule has 1 aromatic rings. The van der Waals surface area contributed by atoms with Crippen LogP contribution in [0.25, 0.3) is 0 Å². The lowest BCUT2D eigenvalue weighted by Gasteiger charge is -2.11. The molecule has 0 aliphatic carbocycles. The minimum absolute atomic E-state index is 0.311. The van der Waals surface area contributed by atoms with Gasteiger partial charge < -0.3 is 5.11 Å². The Kier molecular flexibility index (Phi) is 6.01. The maximum Gasteiger partial charge on any atom is 0.316 e. The first kappa shape index (κ1) is 13.1. The number of carboxylic acids is 1. The van der Waals surface area contributed by atoms with Crippen LogP contribution in [0.2, 0.25) is 0 Å². The van der Waals surface area contributed by atoms with Gasteiger partial charge in [0.2, 0.25) is 0 Å². The van der Waals surface area contributed by atoms with E-state index in [0.717, 1.165) is 30.6 Å². The summed E-state index contributed by atoms with van der Waals surface area (Å²) in [6.45, 7) is 2.13. The molecular weight excluding hydrogens is 220 g/mol. The summed E-state index contributed by atoms with van der Waals surface area (Å²) in [5.74, 6) is -0.704. The zero-order valence-corrected chi connectivity index (χ0v) is 10.4. The largest absolute Gasteiger partial charge is 0.480 e. The molecule has 0 saturated carbocycles. The number of thioether (sulfide) groups is 1. The quantitative estimate of drug-likeness (QED) is 0.579. The monoisotopic (exact) mass is 238 g/mol. The van der Waals surface area contributed by atoms with Gasteiger partial charge in [0.15, 0.2) is 0 Å². The Hall–Kier alpha value is -0.960. The third-order valence-corrected chi connectivity index (χ3v) is 3.63. The second-order valence-electron chi connectivity index (χ2n) is 3.75. The summed E-state index contributed by atoms with van der Waals surface area (Å²) in [7, 11) is 0. The van der Waals surface area contributed by atoms with Crippen molar-refractivity contribution in [3.8, 4) is 0 Å². The van der Waals surface area contributed by atoms with Gasteiger partial charge in [-0.2, -0.15) is 0 Å². The summed E-state index contributed by atoms with van der Waals surface area (Å²) in [5, 5.41) is 8.80. The van der Waals surface area contributed by atoms with Crippen molar-refractivity contribution in [3.63, 3.8) is 0 Å². The van der Waals surface area contributed by atoms with Gasteiger partial charge in [0, 0.05) is 4.90 Å². The van der Waals surface area contributed by atoms with E-state index in [1.165, 1.54) is 11.8 Å². The summed E-state index contributed by atoms with van der Waals surface area (Å²) in [4.78, 5) is 12.1. The van der Waals surface area contributed by atoms with Crippen LogP contribution in [0.15, 0.2) is 35.2 Å². The number of carboxylic acid groups (broad SMARTS) is 1. The average molecular weight is 238 g/mol. The molecule has 3 heteroatoms. The van der Waals surface area contributed by atoms with Gasteiger partial charge >= 0.3 is 5.97 Å². The third-order valence-electron chi connectivity index (χ3n) is 2.37. The van der Waals surface area contributed by atoms with Crippen LogP contribution in [0.5, 0.6) is 0 Å². The van der Waals surface area contributed by atoms with Gasteiger partial charge in [-0.3, -0.25) is 4.79 Å². The molecule has 1 aromatic carbocycles. The molecule has 0 fully saturated rings. The fourth-order valence-electron chi connectivity index (χ4n) is 1.48. The Morgan fingerprint density at radius 3 is 2.56 bits per heavy atom. The summed E-state index contributed by atoms with van der Waals surface area (Å²) < 4.78 is 0. The number of hydrogen-bond donors (Lipinski definition) is 1. The zero-order valence-electron chi connectivity index (χ0n) is 9.56. The second-order valence-corrected chi connectivity index (χ2v) is 5.03. The molecule has 1 atom stereocenters. The summed E-state index contributed by atoms with van der Waals surface area (Å²) in [6.07, 6.45) is 3.98. The Bertz CT molecular complexity index is 311. The van der Waals surface area contributed by atoms with Gasteiger partial charge in [0.05, 0.1) is 0 Å². The smallest absolute Gasteiger partial charge is 0.316 e. The van der Waals surface area contributed by atoms with Crippen LogP contribution in [0.4, 0.5) is 0 Å². The molecule has 0 aromatic heterocycles. The molecule has 0 amide bonds. The van der Waals surface area contributed by atoms with E-state index in [4.69, 9.17) is 5.11 Å². The van der Waals surface area contributed by atoms with E-state index in [1.54, 1.807) is 0 Å². The summed E-state index contributed by atoms with van der Waals surface area (Å²) in [5.41, 5.74) is 0. The highest BCUT2D eigenvalue weighted by Crippen LogP contribution is 2.26. The number of benzene rings is 1. The molecule has 0 radical (unpaired) electrons. The molecule has 0 aliphatic rings. The number of rotatable bonds is 7. The molecule has 0 saturated heterocycles. The Balaban J connectivity index is 2.48. The Morgan fingerprint density at radius 1 is 1.31 bits per heavy atom.